The average Bonchev–Trinajstić information content (AvgIpc) is 2.29. The summed E-state index contributed by atoms with van der Waals surface area (Å²) in [5.74, 6) is -0.231. The normalized spacial score (nSPS) is 11.5. The van der Waals surface area contributed by atoms with Crippen LogP contribution in [0.5, 0.6) is 0 Å². The number of halogens is 1. The van der Waals surface area contributed by atoms with Crippen LogP contribution in [0, 0.1) is 5.82 Å². The van der Waals surface area contributed by atoms with Gasteiger partial charge in [-0.3, -0.25) is 4.98 Å². The zero-order chi connectivity index (χ0) is 12.5. The van der Waals surface area contributed by atoms with E-state index < -0.39 is 0 Å². The predicted octanol–water partition coefficient (Wildman–Crippen LogP) is 4.19. The lowest BCUT2D eigenvalue weighted by Gasteiger charge is -2.18. The molecule has 2 heteroatoms. The maximum Gasteiger partial charge on any atom is 0.132 e. The standard InChI is InChI=1S/C15H16FN/c1-15(2,3)14-10-6-9-13(17-14)11-7-4-5-8-12(11)16/h4-10H,1-3H3. The molecule has 0 aliphatic heterocycles. The Morgan fingerprint density at radius 2 is 1.65 bits per heavy atom. The van der Waals surface area contributed by atoms with Crippen LogP contribution in [0.3, 0.4) is 0 Å². The molecule has 0 fully saturated rings. The summed E-state index contributed by atoms with van der Waals surface area (Å²) in [5, 5.41) is 0. The van der Waals surface area contributed by atoms with Crippen molar-refractivity contribution < 1.29 is 4.39 Å². The fourth-order valence-electron chi connectivity index (χ4n) is 1.67. The zero-order valence-electron chi connectivity index (χ0n) is 10.4. The van der Waals surface area contributed by atoms with E-state index in [2.05, 4.69) is 25.8 Å². The topological polar surface area (TPSA) is 12.9 Å². The molecule has 1 heterocycles. The number of hydrogen-bond acceptors (Lipinski definition) is 1. The smallest absolute Gasteiger partial charge is 0.132 e. The molecule has 0 spiro atoms. The summed E-state index contributed by atoms with van der Waals surface area (Å²) < 4.78 is 13.7. The summed E-state index contributed by atoms with van der Waals surface area (Å²) in [4.78, 5) is 4.54. The summed E-state index contributed by atoms with van der Waals surface area (Å²) >= 11 is 0. The van der Waals surface area contributed by atoms with E-state index in [-0.39, 0.29) is 11.2 Å². The molecule has 0 N–H and O–H groups in total. The van der Waals surface area contributed by atoms with Crippen LogP contribution < -0.4 is 0 Å². The molecule has 1 aromatic carbocycles. The third-order valence-corrected chi connectivity index (χ3v) is 2.67. The minimum atomic E-state index is -0.231. The Morgan fingerprint density at radius 3 is 2.29 bits per heavy atom. The quantitative estimate of drug-likeness (QED) is 0.714. The first-order chi connectivity index (χ1) is 7.98. The summed E-state index contributed by atoms with van der Waals surface area (Å²) in [5.41, 5.74) is 2.19. The highest BCUT2D eigenvalue weighted by Crippen LogP contribution is 2.25. The lowest BCUT2D eigenvalue weighted by atomic mass is 9.91. The van der Waals surface area contributed by atoms with Crippen molar-refractivity contribution in [1.82, 2.24) is 4.98 Å². The van der Waals surface area contributed by atoms with Crippen molar-refractivity contribution in [2.75, 3.05) is 0 Å². The summed E-state index contributed by atoms with van der Waals surface area (Å²) in [6.07, 6.45) is 0. The Balaban J connectivity index is 2.51. The summed E-state index contributed by atoms with van der Waals surface area (Å²) in [6.45, 7) is 6.29. The van der Waals surface area contributed by atoms with Crippen LogP contribution in [-0.4, -0.2) is 4.98 Å². The van der Waals surface area contributed by atoms with Crippen molar-refractivity contribution in [1.29, 1.82) is 0 Å². The molecule has 0 bridgehead atoms. The lowest BCUT2D eigenvalue weighted by Crippen LogP contribution is -2.13. The second-order valence-corrected chi connectivity index (χ2v) is 5.14. The third kappa shape index (κ3) is 2.52. The highest BCUT2D eigenvalue weighted by atomic mass is 19.1. The number of nitrogens with zero attached hydrogens (tertiary/aromatic N) is 1. The molecule has 0 atom stereocenters. The molecule has 0 aliphatic carbocycles. The second kappa shape index (κ2) is 4.28. The van der Waals surface area contributed by atoms with Gasteiger partial charge in [-0.2, -0.15) is 0 Å². The van der Waals surface area contributed by atoms with Gasteiger partial charge in [-0.15, -0.1) is 0 Å². The molecule has 88 valence electrons. The molecule has 2 rings (SSSR count). The van der Waals surface area contributed by atoms with Crippen LogP contribution in [0.1, 0.15) is 26.5 Å². The lowest BCUT2D eigenvalue weighted by molar-refractivity contribution is 0.569. The van der Waals surface area contributed by atoms with Crippen molar-refractivity contribution in [2.24, 2.45) is 0 Å². The van der Waals surface area contributed by atoms with Crippen molar-refractivity contribution in [2.45, 2.75) is 26.2 Å². The van der Waals surface area contributed by atoms with Gasteiger partial charge in [0.15, 0.2) is 0 Å². The van der Waals surface area contributed by atoms with Gasteiger partial charge in [0, 0.05) is 16.7 Å². The predicted molar refractivity (Wildman–Crippen MR) is 68.3 cm³/mol. The van der Waals surface area contributed by atoms with Crippen molar-refractivity contribution in [3.8, 4) is 11.3 Å². The Labute approximate surface area is 101 Å². The number of benzene rings is 1. The van der Waals surface area contributed by atoms with Gasteiger partial charge < -0.3 is 0 Å². The van der Waals surface area contributed by atoms with Crippen LogP contribution in [0.2, 0.25) is 0 Å². The Hall–Kier alpha value is -1.70. The Kier molecular flexibility index (Phi) is 2.97. The molecule has 0 aliphatic rings. The van der Waals surface area contributed by atoms with Crippen LogP contribution in [0.4, 0.5) is 4.39 Å². The molecule has 2 aromatic rings. The van der Waals surface area contributed by atoms with Gasteiger partial charge in [-0.05, 0) is 24.3 Å². The summed E-state index contributed by atoms with van der Waals surface area (Å²) in [6, 6.07) is 12.5. The summed E-state index contributed by atoms with van der Waals surface area (Å²) in [7, 11) is 0. The van der Waals surface area contributed by atoms with Gasteiger partial charge >= 0.3 is 0 Å². The fourth-order valence-corrected chi connectivity index (χ4v) is 1.67. The van der Waals surface area contributed by atoms with Gasteiger partial charge in [0.1, 0.15) is 5.82 Å². The molecule has 0 amide bonds. The molecule has 0 saturated carbocycles. The molecular weight excluding hydrogens is 213 g/mol. The molecule has 0 unspecified atom stereocenters. The SMILES string of the molecule is CC(C)(C)c1cccc(-c2ccccc2F)n1. The molecule has 0 saturated heterocycles. The molecule has 17 heavy (non-hydrogen) atoms. The Morgan fingerprint density at radius 1 is 0.941 bits per heavy atom. The fraction of sp³-hybridized carbons (Fsp3) is 0.267. The van der Waals surface area contributed by atoms with Crippen molar-refractivity contribution in [3.63, 3.8) is 0 Å². The van der Waals surface area contributed by atoms with Crippen molar-refractivity contribution in [3.05, 3.63) is 54.0 Å². The molecular formula is C15H16FN. The first-order valence-electron chi connectivity index (χ1n) is 5.71. The largest absolute Gasteiger partial charge is 0.252 e. The minimum absolute atomic E-state index is 0.0265. The van der Waals surface area contributed by atoms with Gasteiger partial charge in [-0.1, -0.05) is 39.0 Å². The van der Waals surface area contributed by atoms with E-state index in [9.17, 15) is 4.39 Å². The number of rotatable bonds is 1. The molecule has 1 aromatic heterocycles. The van der Waals surface area contributed by atoms with E-state index in [1.165, 1.54) is 6.07 Å². The van der Waals surface area contributed by atoms with Gasteiger partial charge in [0.05, 0.1) is 5.69 Å². The van der Waals surface area contributed by atoms with Crippen molar-refractivity contribution >= 4 is 0 Å². The maximum absolute atomic E-state index is 13.7. The first kappa shape index (κ1) is 11.8. The maximum atomic E-state index is 13.7. The monoisotopic (exact) mass is 229 g/mol. The highest BCUT2D eigenvalue weighted by molar-refractivity contribution is 5.59. The average molecular weight is 229 g/mol. The van der Waals surface area contributed by atoms with E-state index in [0.29, 0.717) is 11.3 Å². The van der Waals surface area contributed by atoms with E-state index >= 15 is 0 Å². The van der Waals surface area contributed by atoms with Crippen LogP contribution >= 0.6 is 0 Å². The third-order valence-electron chi connectivity index (χ3n) is 2.67. The number of hydrogen-bond donors (Lipinski definition) is 0. The van der Waals surface area contributed by atoms with Gasteiger partial charge in [0.25, 0.3) is 0 Å². The van der Waals surface area contributed by atoms with E-state index in [4.69, 9.17) is 0 Å². The van der Waals surface area contributed by atoms with E-state index in [0.717, 1.165) is 5.69 Å². The van der Waals surface area contributed by atoms with Gasteiger partial charge in [0.2, 0.25) is 0 Å². The highest BCUT2D eigenvalue weighted by Gasteiger charge is 2.16. The molecule has 0 radical (unpaired) electrons. The minimum Gasteiger partial charge on any atom is -0.252 e. The Bertz CT molecular complexity index is 526. The van der Waals surface area contributed by atoms with Crippen LogP contribution in [0.25, 0.3) is 11.3 Å². The molecule has 1 nitrogen and oxygen atoms in total. The second-order valence-electron chi connectivity index (χ2n) is 5.14. The van der Waals surface area contributed by atoms with Crippen LogP contribution in [0.15, 0.2) is 42.5 Å². The van der Waals surface area contributed by atoms with E-state index in [1.54, 1.807) is 12.1 Å². The number of pyridine rings is 1. The first-order valence-corrected chi connectivity index (χ1v) is 5.71. The number of aromatic nitrogens is 1. The van der Waals surface area contributed by atoms with Crippen LogP contribution in [-0.2, 0) is 5.41 Å². The zero-order valence-corrected chi connectivity index (χ0v) is 10.4. The van der Waals surface area contributed by atoms with Gasteiger partial charge in [-0.25, -0.2) is 4.39 Å². The van der Waals surface area contributed by atoms with E-state index in [1.807, 2.05) is 24.3 Å².